The van der Waals surface area contributed by atoms with Gasteiger partial charge in [-0.3, -0.25) is 4.79 Å². The molecule has 4 aliphatic carbocycles. The number of carbonyl (C=O) groups is 2. The van der Waals surface area contributed by atoms with E-state index in [2.05, 4.69) is 4.74 Å². The molecule has 4 aliphatic rings. The Morgan fingerprint density at radius 1 is 1.10 bits per heavy atom. The molecule has 20 heavy (non-hydrogen) atoms. The molecular weight excluding hydrogens is 274 g/mol. The topological polar surface area (TPSA) is 83.8 Å². The highest BCUT2D eigenvalue weighted by atomic mass is 19.3. The van der Waals surface area contributed by atoms with Gasteiger partial charge in [0, 0.05) is 0 Å². The van der Waals surface area contributed by atoms with Crippen LogP contribution in [0.2, 0.25) is 0 Å². The summed E-state index contributed by atoms with van der Waals surface area (Å²) in [5.74, 6) is -3.22. The number of hydrogen-bond acceptors (Lipinski definition) is 3. The summed E-state index contributed by atoms with van der Waals surface area (Å²) in [5, 5.41) is 18.0. The zero-order valence-electron chi connectivity index (χ0n) is 10.8. The van der Waals surface area contributed by atoms with Crippen molar-refractivity contribution in [1.82, 2.24) is 0 Å². The van der Waals surface area contributed by atoms with Crippen molar-refractivity contribution in [1.29, 1.82) is 0 Å². The molecule has 0 aromatic carbocycles. The predicted octanol–water partition coefficient (Wildman–Crippen LogP) is 2.10. The molecule has 0 spiro atoms. The van der Waals surface area contributed by atoms with Gasteiger partial charge in [0.1, 0.15) is 0 Å². The van der Waals surface area contributed by atoms with Crippen molar-refractivity contribution in [3.8, 4) is 0 Å². The molecule has 2 atom stereocenters. The fraction of sp³-hybridized carbons (Fsp3) is 0.846. The molecule has 0 amide bonds. The van der Waals surface area contributed by atoms with Crippen molar-refractivity contribution in [2.75, 3.05) is 0 Å². The summed E-state index contributed by atoms with van der Waals surface area (Å²) >= 11 is 0. The Hall–Kier alpha value is -1.24. The van der Waals surface area contributed by atoms with Crippen LogP contribution in [0.15, 0.2) is 0 Å². The van der Waals surface area contributed by atoms with E-state index in [1.165, 1.54) is 0 Å². The van der Waals surface area contributed by atoms with Crippen LogP contribution < -0.4 is 0 Å². The van der Waals surface area contributed by atoms with E-state index in [1.54, 1.807) is 0 Å². The average Bonchev–Trinajstić information content (AvgIpc) is 2.24. The Balaban J connectivity index is 1.91. The molecule has 0 radical (unpaired) electrons. The first-order valence-corrected chi connectivity index (χ1v) is 6.71. The van der Waals surface area contributed by atoms with Crippen molar-refractivity contribution in [2.45, 2.75) is 50.2 Å². The average molecular weight is 290 g/mol. The molecule has 0 aliphatic heterocycles. The van der Waals surface area contributed by atoms with Gasteiger partial charge in [-0.2, -0.15) is 8.78 Å². The van der Waals surface area contributed by atoms with E-state index in [4.69, 9.17) is 5.11 Å². The van der Waals surface area contributed by atoms with Crippen molar-refractivity contribution >= 4 is 11.9 Å². The first kappa shape index (κ1) is 13.7. The van der Waals surface area contributed by atoms with E-state index in [0.717, 1.165) is 6.42 Å². The molecule has 4 bridgehead atoms. The maximum absolute atomic E-state index is 13.4. The fourth-order valence-corrected chi connectivity index (χ4v) is 4.86. The predicted molar refractivity (Wildman–Crippen MR) is 61.1 cm³/mol. The minimum Gasteiger partial charge on any atom is -0.481 e. The fourth-order valence-electron chi connectivity index (χ4n) is 4.86. The lowest BCUT2D eigenvalue weighted by atomic mass is 9.48. The Labute approximate surface area is 113 Å². The number of hydrogen-bond donors (Lipinski definition) is 2. The summed E-state index contributed by atoms with van der Waals surface area (Å²) in [7, 11) is 0. The summed E-state index contributed by atoms with van der Waals surface area (Å²) in [5.41, 5.74) is -2.32. The number of aliphatic carboxylic acids is 2. The van der Waals surface area contributed by atoms with Crippen molar-refractivity contribution in [2.24, 2.45) is 17.3 Å². The molecule has 0 aromatic heterocycles. The molecule has 4 rings (SSSR count). The Morgan fingerprint density at radius 3 is 2.10 bits per heavy atom. The van der Waals surface area contributed by atoms with E-state index >= 15 is 0 Å². The molecule has 4 fully saturated rings. The van der Waals surface area contributed by atoms with Crippen LogP contribution in [0, 0.1) is 17.3 Å². The van der Waals surface area contributed by atoms with Crippen LogP contribution in [-0.2, 0) is 14.3 Å². The van der Waals surface area contributed by atoms with Gasteiger partial charge in [-0.1, -0.05) is 0 Å². The summed E-state index contributed by atoms with van der Waals surface area (Å²) in [4.78, 5) is 22.1. The standard InChI is InChI=1S/C13H16F2O5/c14-13(15,10(18)19)20-12-4-7-1-8(5-12)3-11(2-7,6-12)9(16)17/h7-8H,1-6H2,(H,16,17)(H,18,19). The number of alkyl halides is 2. The van der Waals surface area contributed by atoms with Gasteiger partial charge in [0.15, 0.2) is 0 Å². The lowest BCUT2D eigenvalue weighted by Gasteiger charge is -2.60. The summed E-state index contributed by atoms with van der Waals surface area (Å²) < 4.78 is 31.5. The van der Waals surface area contributed by atoms with Gasteiger partial charge >= 0.3 is 18.0 Å². The van der Waals surface area contributed by atoms with Crippen molar-refractivity contribution in [3.05, 3.63) is 0 Å². The van der Waals surface area contributed by atoms with Crippen molar-refractivity contribution < 1.29 is 33.3 Å². The Morgan fingerprint density at radius 2 is 1.65 bits per heavy atom. The third-order valence-electron chi connectivity index (χ3n) is 5.05. The Kier molecular flexibility index (Phi) is 2.68. The van der Waals surface area contributed by atoms with Crippen LogP contribution in [0.5, 0.6) is 0 Å². The smallest absolute Gasteiger partial charge is 0.456 e. The lowest BCUT2D eigenvalue weighted by molar-refractivity contribution is -0.321. The maximum Gasteiger partial charge on any atom is 0.456 e. The van der Waals surface area contributed by atoms with Crippen LogP contribution in [0.4, 0.5) is 8.78 Å². The zero-order valence-corrected chi connectivity index (χ0v) is 10.8. The quantitative estimate of drug-likeness (QED) is 0.828. The second-order valence-electron chi connectivity index (χ2n) is 6.65. The van der Waals surface area contributed by atoms with E-state index in [1.807, 2.05) is 0 Å². The summed E-state index contributed by atoms with van der Waals surface area (Å²) in [6, 6.07) is 0. The molecule has 7 heteroatoms. The van der Waals surface area contributed by atoms with Crippen LogP contribution >= 0.6 is 0 Å². The van der Waals surface area contributed by atoms with E-state index in [9.17, 15) is 23.5 Å². The summed E-state index contributed by atoms with van der Waals surface area (Å²) in [6.45, 7) is 0. The largest absolute Gasteiger partial charge is 0.481 e. The highest BCUT2D eigenvalue weighted by Gasteiger charge is 2.64. The third kappa shape index (κ3) is 1.90. The van der Waals surface area contributed by atoms with E-state index in [-0.39, 0.29) is 18.3 Å². The van der Waals surface area contributed by atoms with E-state index < -0.39 is 29.1 Å². The molecule has 0 saturated heterocycles. The molecule has 2 N–H and O–H groups in total. The summed E-state index contributed by atoms with van der Waals surface area (Å²) in [6.07, 6.45) is -1.79. The molecule has 2 unspecified atom stereocenters. The first-order valence-electron chi connectivity index (χ1n) is 6.71. The van der Waals surface area contributed by atoms with Gasteiger partial charge in [0.25, 0.3) is 0 Å². The lowest BCUT2D eigenvalue weighted by Crippen LogP contribution is -2.61. The maximum atomic E-state index is 13.4. The van der Waals surface area contributed by atoms with Gasteiger partial charge in [0.2, 0.25) is 0 Å². The van der Waals surface area contributed by atoms with Crippen LogP contribution in [0.25, 0.3) is 0 Å². The molecule has 5 nitrogen and oxygen atoms in total. The van der Waals surface area contributed by atoms with Crippen LogP contribution in [0.1, 0.15) is 38.5 Å². The normalized spacial score (nSPS) is 42.7. The second-order valence-corrected chi connectivity index (χ2v) is 6.65. The van der Waals surface area contributed by atoms with Gasteiger partial charge in [-0.05, 0) is 50.4 Å². The minimum atomic E-state index is -4.26. The van der Waals surface area contributed by atoms with Gasteiger partial charge < -0.3 is 14.9 Å². The van der Waals surface area contributed by atoms with Crippen LogP contribution in [0.3, 0.4) is 0 Å². The number of carboxylic acids is 2. The highest BCUT2D eigenvalue weighted by Crippen LogP contribution is 2.63. The molecule has 112 valence electrons. The molecular formula is C13H16F2O5. The monoisotopic (exact) mass is 290 g/mol. The second kappa shape index (κ2) is 3.90. The highest BCUT2D eigenvalue weighted by molar-refractivity contribution is 5.76. The Bertz CT molecular complexity index is 457. The van der Waals surface area contributed by atoms with Gasteiger partial charge in [-0.15, -0.1) is 0 Å². The van der Waals surface area contributed by atoms with E-state index in [0.29, 0.717) is 25.7 Å². The molecule has 0 heterocycles. The first-order chi connectivity index (χ1) is 9.16. The third-order valence-corrected chi connectivity index (χ3v) is 5.05. The molecule has 4 saturated carbocycles. The number of ether oxygens (including phenoxy) is 1. The van der Waals surface area contributed by atoms with Crippen molar-refractivity contribution in [3.63, 3.8) is 0 Å². The number of carboxylic acid groups (broad SMARTS) is 2. The SMILES string of the molecule is O=C(O)C12CC3CC(CC(OC(F)(F)C(=O)O)(C3)C1)C2. The zero-order chi connectivity index (χ0) is 14.8. The number of halogens is 2. The van der Waals surface area contributed by atoms with Gasteiger partial charge in [-0.25, -0.2) is 4.79 Å². The van der Waals surface area contributed by atoms with Crippen LogP contribution in [-0.4, -0.2) is 33.9 Å². The minimum absolute atomic E-state index is 0.00873. The van der Waals surface area contributed by atoms with Gasteiger partial charge in [0.05, 0.1) is 11.0 Å². The molecule has 0 aromatic rings. The number of rotatable bonds is 4.